The minimum absolute atomic E-state index is 0.121. The first-order valence-corrected chi connectivity index (χ1v) is 6.45. The Bertz CT molecular complexity index is 436. The molecule has 2 heteroatoms. The SMILES string of the molecule is C=CCN(C(=O)C1CC=CCC1)c1ccccc1. The van der Waals surface area contributed by atoms with Gasteiger partial charge in [0, 0.05) is 18.2 Å². The van der Waals surface area contributed by atoms with Crippen LogP contribution in [0.4, 0.5) is 5.69 Å². The minimum atomic E-state index is 0.121. The van der Waals surface area contributed by atoms with E-state index in [-0.39, 0.29) is 11.8 Å². The normalized spacial score (nSPS) is 18.3. The van der Waals surface area contributed by atoms with Crippen molar-refractivity contribution in [2.45, 2.75) is 19.3 Å². The van der Waals surface area contributed by atoms with Crippen LogP contribution >= 0.6 is 0 Å². The van der Waals surface area contributed by atoms with E-state index in [0.717, 1.165) is 24.9 Å². The highest BCUT2D eigenvalue weighted by Crippen LogP contribution is 2.24. The number of rotatable bonds is 4. The molecule has 0 heterocycles. The number of hydrogen-bond acceptors (Lipinski definition) is 1. The molecule has 0 fully saturated rings. The summed E-state index contributed by atoms with van der Waals surface area (Å²) in [4.78, 5) is 14.4. The summed E-state index contributed by atoms with van der Waals surface area (Å²) in [5, 5.41) is 0. The quantitative estimate of drug-likeness (QED) is 0.738. The van der Waals surface area contributed by atoms with Crippen molar-refractivity contribution < 1.29 is 4.79 Å². The van der Waals surface area contributed by atoms with E-state index in [1.807, 2.05) is 35.2 Å². The maximum absolute atomic E-state index is 12.5. The average molecular weight is 241 g/mol. The van der Waals surface area contributed by atoms with Gasteiger partial charge >= 0.3 is 0 Å². The van der Waals surface area contributed by atoms with Gasteiger partial charge in [-0.2, -0.15) is 0 Å². The molecule has 1 unspecified atom stereocenters. The lowest BCUT2D eigenvalue weighted by molar-refractivity contribution is -0.122. The summed E-state index contributed by atoms with van der Waals surface area (Å²) < 4.78 is 0. The van der Waals surface area contributed by atoms with Crippen molar-refractivity contribution in [1.29, 1.82) is 0 Å². The molecule has 0 radical (unpaired) electrons. The first-order valence-electron chi connectivity index (χ1n) is 6.45. The second-order valence-corrected chi connectivity index (χ2v) is 4.55. The summed E-state index contributed by atoms with van der Waals surface area (Å²) in [6.07, 6.45) is 8.87. The van der Waals surface area contributed by atoms with Crippen LogP contribution in [0.3, 0.4) is 0 Å². The highest BCUT2D eigenvalue weighted by molar-refractivity contribution is 5.95. The molecule has 0 saturated carbocycles. The molecule has 1 aromatic rings. The summed E-state index contributed by atoms with van der Waals surface area (Å²) in [7, 11) is 0. The smallest absolute Gasteiger partial charge is 0.230 e. The predicted octanol–water partition coefficient (Wildman–Crippen LogP) is 3.56. The zero-order valence-corrected chi connectivity index (χ0v) is 10.6. The maximum Gasteiger partial charge on any atom is 0.230 e. The number of para-hydroxylation sites is 1. The van der Waals surface area contributed by atoms with Crippen LogP contribution in [0.15, 0.2) is 55.1 Å². The Hall–Kier alpha value is -1.83. The molecule has 2 nitrogen and oxygen atoms in total. The predicted molar refractivity (Wildman–Crippen MR) is 75.5 cm³/mol. The molecule has 0 aliphatic heterocycles. The van der Waals surface area contributed by atoms with Crippen molar-refractivity contribution in [1.82, 2.24) is 0 Å². The van der Waals surface area contributed by atoms with Crippen LogP contribution in [0.25, 0.3) is 0 Å². The van der Waals surface area contributed by atoms with E-state index in [2.05, 4.69) is 18.7 Å². The molecule has 94 valence electrons. The third-order valence-electron chi connectivity index (χ3n) is 3.26. The Labute approximate surface area is 109 Å². The number of hydrogen-bond donors (Lipinski definition) is 0. The van der Waals surface area contributed by atoms with Gasteiger partial charge in [0.1, 0.15) is 0 Å². The van der Waals surface area contributed by atoms with E-state index in [9.17, 15) is 4.79 Å². The van der Waals surface area contributed by atoms with Crippen molar-refractivity contribution >= 4 is 11.6 Å². The van der Waals surface area contributed by atoms with Gasteiger partial charge in [0.2, 0.25) is 5.91 Å². The van der Waals surface area contributed by atoms with Gasteiger partial charge in [0.25, 0.3) is 0 Å². The van der Waals surface area contributed by atoms with Crippen molar-refractivity contribution in [3.63, 3.8) is 0 Å². The first kappa shape index (κ1) is 12.6. The Kier molecular flexibility index (Phi) is 4.35. The Morgan fingerprint density at radius 2 is 2.11 bits per heavy atom. The lowest BCUT2D eigenvalue weighted by Gasteiger charge is -2.27. The zero-order valence-electron chi connectivity index (χ0n) is 10.6. The van der Waals surface area contributed by atoms with Gasteiger partial charge < -0.3 is 4.90 Å². The van der Waals surface area contributed by atoms with Crippen LogP contribution in [-0.2, 0) is 4.79 Å². The number of benzene rings is 1. The fourth-order valence-electron chi connectivity index (χ4n) is 2.30. The molecule has 1 atom stereocenters. The molecule has 18 heavy (non-hydrogen) atoms. The second-order valence-electron chi connectivity index (χ2n) is 4.55. The number of nitrogens with zero attached hydrogens (tertiary/aromatic N) is 1. The van der Waals surface area contributed by atoms with E-state index >= 15 is 0 Å². The summed E-state index contributed by atoms with van der Waals surface area (Å²) in [5.41, 5.74) is 0.956. The molecule has 1 aliphatic carbocycles. The molecule has 0 bridgehead atoms. The third-order valence-corrected chi connectivity index (χ3v) is 3.26. The Balaban J connectivity index is 2.17. The lowest BCUT2D eigenvalue weighted by atomic mass is 9.93. The molecule has 1 aliphatic rings. The van der Waals surface area contributed by atoms with Crippen molar-refractivity contribution in [2.24, 2.45) is 5.92 Å². The minimum Gasteiger partial charge on any atom is -0.308 e. The lowest BCUT2D eigenvalue weighted by Crippen LogP contribution is -2.36. The highest BCUT2D eigenvalue weighted by atomic mass is 16.2. The summed E-state index contributed by atoms with van der Waals surface area (Å²) >= 11 is 0. The standard InChI is InChI=1S/C16H19NO/c1-2-13-17(15-11-7-4-8-12-15)16(18)14-9-5-3-6-10-14/h2-5,7-8,11-12,14H,1,6,9-10,13H2. The largest absolute Gasteiger partial charge is 0.308 e. The molecule has 2 rings (SSSR count). The number of carbonyl (C=O) groups excluding carboxylic acids is 1. The fourth-order valence-corrected chi connectivity index (χ4v) is 2.30. The topological polar surface area (TPSA) is 20.3 Å². The Morgan fingerprint density at radius 3 is 2.72 bits per heavy atom. The summed E-state index contributed by atoms with van der Waals surface area (Å²) in [5.74, 6) is 0.334. The molecular weight excluding hydrogens is 222 g/mol. The maximum atomic E-state index is 12.5. The first-order chi connectivity index (χ1) is 8.83. The van der Waals surface area contributed by atoms with Crippen LogP contribution in [0.5, 0.6) is 0 Å². The van der Waals surface area contributed by atoms with Crippen molar-refractivity contribution in [2.75, 3.05) is 11.4 Å². The van der Waals surface area contributed by atoms with Gasteiger partial charge in [-0.05, 0) is 31.4 Å². The van der Waals surface area contributed by atoms with E-state index in [1.165, 1.54) is 0 Å². The van der Waals surface area contributed by atoms with E-state index in [0.29, 0.717) is 6.54 Å². The van der Waals surface area contributed by atoms with Gasteiger partial charge in [0.05, 0.1) is 0 Å². The fraction of sp³-hybridized carbons (Fsp3) is 0.312. The zero-order chi connectivity index (χ0) is 12.8. The third kappa shape index (κ3) is 2.89. The number of anilines is 1. The molecule has 1 aromatic carbocycles. The van der Waals surface area contributed by atoms with Gasteiger partial charge in [-0.3, -0.25) is 4.79 Å². The highest BCUT2D eigenvalue weighted by Gasteiger charge is 2.24. The molecule has 0 aromatic heterocycles. The molecular formula is C16H19NO. The van der Waals surface area contributed by atoms with Gasteiger partial charge in [-0.15, -0.1) is 6.58 Å². The second kappa shape index (κ2) is 6.20. The molecule has 1 amide bonds. The van der Waals surface area contributed by atoms with E-state index < -0.39 is 0 Å². The van der Waals surface area contributed by atoms with Gasteiger partial charge in [-0.1, -0.05) is 36.4 Å². The van der Waals surface area contributed by atoms with E-state index in [1.54, 1.807) is 6.08 Å². The monoisotopic (exact) mass is 241 g/mol. The Morgan fingerprint density at radius 1 is 1.33 bits per heavy atom. The number of carbonyl (C=O) groups is 1. The van der Waals surface area contributed by atoms with Crippen LogP contribution in [0.2, 0.25) is 0 Å². The van der Waals surface area contributed by atoms with Crippen LogP contribution in [-0.4, -0.2) is 12.5 Å². The van der Waals surface area contributed by atoms with Crippen molar-refractivity contribution in [3.8, 4) is 0 Å². The number of amides is 1. The van der Waals surface area contributed by atoms with Gasteiger partial charge in [0.15, 0.2) is 0 Å². The summed E-state index contributed by atoms with van der Waals surface area (Å²) in [6, 6.07) is 9.82. The number of allylic oxidation sites excluding steroid dienone is 2. The van der Waals surface area contributed by atoms with Crippen LogP contribution in [0.1, 0.15) is 19.3 Å². The average Bonchev–Trinajstić information content (AvgIpc) is 2.46. The van der Waals surface area contributed by atoms with Crippen LogP contribution < -0.4 is 4.90 Å². The molecule has 0 N–H and O–H groups in total. The van der Waals surface area contributed by atoms with Crippen LogP contribution in [0, 0.1) is 5.92 Å². The molecule has 0 saturated heterocycles. The summed E-state index contributed by atoms with van der Waals surface area (Å²) in [6.45, 7) is 4.32. The van der Waals surface area contributed by atoms with Gasteiger partial charge in [-0.25, -0.2) is 0 Å². The molecule has 0 spiro atoms. The van der Waals surface area contributed by atoms with Crippen molar-refractivity contribution in [3.05, 3.63) is 55.1 Å². The van der Waals surface area contributed by atoms with E-state index in [4.69, 9.17) is 0 Å².